The fraction of sp³-hybridized carbons (Fsp3) is 0.333. The van der Waals surface area contributed by atoms with Crippen molar-refractivity contribution in [2.75, 3.05) is 27.9 Å². The van der Waals surface area contributed by atoms with Crippen LogP contribution in [0.3, 0.4) is 0 Å². The smallest absolute Gasteiger partial charge is 0.169 e. The third-order valence-electron chi connectivity index (χ3n) is 3.14. The minimum atomic E-state index is 0.0220. The lowest BCUT2D eigenvalue weighted by atomic mass is 10.0. The van der Waals surface area contributed by atoms with E-state index in [1.807, 2.05) is 24.3 Å². The molecule has 1 N–H and O–H groups in total. The van der Waals surface area contributed by atoms with Crippen LogP contribution in [-0.2, 0) is 6.42 Å². The van der Waals surface area contributed by atoms with E-state index in [4.69, 9.17) is 14.2 Å². The Labute approximate surface area is 112 Å². The van der Waals surface area contributed by atoms with Crippen LogP contribution in [0.25, 0.3) is 10.8 Å². The summed E-state index contributed by atoms with van der Waals surface area (Å²) in [5, 5.41) is 11.1. The summed E-state index contributed by atoms with van der Waals surface area (Å²) in [4.78, 5) is 0. The number of ether oxygens (including phenoxy) is 3. The van der Waals surface area contributed by atoms with E-state index in [1.54, 1.807) is 21.3 Å². The molecule has 0 radical (unpaired) electrons. The Hall–Kier alpha value is -1.94. The van der Waals surface area contributed by atoms with Crippen LogP contribution in [0.5, 0.6) is 17.2 Å². The molecule has 0 spiro atoms. The first-order valence-corrected chi connectivity index (χ1v) is 6.08. The van der Waals surface area contributed by atoms with Gasteiger partial charge >= 0.3 is 0 Å². The van der Waals surface area contributed by atoms with Crippen molar-refractivity contribution < 1.29 is 19.3 Å². The van der Waals surface area contributed by atoms with Crippen molar-refractivity contribution in [1.82, 2.24) is 0 Å². The Morgan fingerprint density at radius 2 is 1.37 bits per heavy atom. The van der Waals surface area contributed by atoms with Gasteiger partial charge in [0.1, 0.15) is 5.75 Å². The van der Waals surface area contributed by atoms with E-state index in [2.05, 4.69) is 0 Å². The summed E-state index contributed by atoms with van der Waals surface area (Å²) in [6, 6.07) is 7.81. The van der Waals surface area contributed by atoms with Crippen molar-refractivity contribution in [3.63, 3.8) is 0 Å². The maximum Gasteiger partial charge on any atom is 0.169 e. The summed E-state index contributed by atoms with van der Waals surface area (Å²) in [6.45, 7) is 0.0220. The van der Waals surface area contributed by atoms with Gasteiger partial charge in [-0.3, -0.25) is 0 Å². The Morgan fingerprint density at radius 1 is 0.842 bits per heavy atom. The van der Waals surface area contributed by atoms with Crippen molar-refractivity contribution in [3.8, 4) is 17.2 Å². The highest BCUT2D eigenvalue weighted by molar-refractivity contribution is 5.97. The molecule has 0 unspecified atom stereocenters. The Balaban J connectivity index is 2.88. The topological polar surface area (TPSA) is 47.9 Å². The van der Waals surface area contributed by atoms with Crippen molar-refractivity contribution in [1.29, 1.82) is 0 Å². The number of hydrogen-bond donors (Lipinski definition) is 1. The summed E-state index contributed by atoms with van der Waals surface area (Å²) in [7, 11) is 4.82. The van der Waals surface area contributed by atoms with Gasteiger partial charge in [-0.25, -0.2) is 0 Å². The molecule has 4 nitrogen and oxygen atoms in total. The normalized spacial score (nSPS) is 10.5. The summed E-state index contributed by atoms with van der Waals surface area (Å²) in [6.07, 6.45) is 0.452. The molecule has 0 saturated heterocycles. The number of fused-ring (bicyclic) bond motifs is 1. The molecule has 2 aromatic rings. The van der Waals surface area contributed by atoms with E-state index in [0.717, 1.165) is 22.1 Å². The van der Waals surface area contributed by atoms with Gasteiger partial charge in [0.15, 0.2) is 11.5 Å². The van der Waals surface area contributed by atoms with Crippen LogP contribution in [0.4, 0.5) is 0 Å². The number of aliphatic hydroxyl groups excluding tert-OH is 1. The molecule has 4 heteroatoms. The van der Waals surface area contributed by atoms with Crippen LogP contribution < -0.4 is 14.2 Å². The van der Waals surface area contributed by atoms with E-state index in [0.29, 0.717) is 17.9 Å². The molecule has 0 saturated carbocycles. The molecule has 0 fully saturated rings. The highest BCUT2D eigenvalue weighted by atomic mass is 16.5. The van der Waals surface area contributed by atoms with Gasteiger partial charge in [-0.1, -0.05) is 24.3 Å². The van der Waals surface area contributed by atoms with Crippen LogP contribution in [0.2, 0.25) is 0 Å². The lowest BCUT2D eigenvalue weighted by Gasteiger charge is -2.19. The standard InChI is InChI=1S/C15H18O4/c1-17-13-10-6-4-5-7-11(10)14(18-2)15(19-3)12(13)8-9-16/h4-7,16H,8-9H2,1-3H3. The number of hydrogen-bond acceptors (Lipinski definition) is 4. The molecule has 0 bridgehead atoms. The first kappa shape index (κ1) is 13.5. The van der Waals surface area contributed by atoms with E-state index in [9.17, 15) is 5.11 Å². The summed E-state index contributed by atoms with van der Waals surface area (Å²) < 4.78 is 16.4. The quantitative estimate of drug-likeness (QED) is 0.899. The average molecular weight is 262 g/mol. The first-order chi connectivity index (χ1) is 9.28. The number of methoxy groups -OCH3 is 3. The summed E-state index contributed by atoms with van der Waals surface area (Å²) in [5.41, 5.74) is 0.822. The van der Waals surface area contributed by atoms with Gasteiger partial charge in [-0.15, -0.1) is 0 Å². The second kappa shape index (κ2) is 5.80. The van der Waals surface area contributed by atoms with Gasteiger partial charge in [-0.05, 0) is 0 Å². The molecular weight excluding hydrogens is 244 g/mol. The molecule has 0 aliphatic rings. The van der Waals surface area contributed by atoms with Crippen molar-refractivity contribution in [2.24, 2.45) is 0 Å². The minimum Gasteiger partial charge on any atom is -0.496 e. The van der Waals surface area contributed by atoms with Crippen molar-refractivity contribution in [3.05, 3.63) is 29.8 Å². The SMILES string of the molecule is COc1c(CCO)c(OC)c2ccccc2c1OC. The molecule has 2 aromatic carbocycles. The molecule has 102 valence electrons. The summed E-state index contributed by atoms with van der Waals surface area (Å²) >= 11 is 0. The zero-order valence-electron chi connectivity index (χ0n) is 11.4. The zero-order chi connectivity index (χ0) is 13.8. The highest BCUT2D eigenvalue weighted by Crippen LogP contribution is 2.45. The molecule has 0 aliphatic carbocycles. The molecule has 0 atom stereocenters. The van der Waals surface area contributed by atoms with E-state index in [-0.39, 0.29) is 6.61 Å². The van der Waals surface area contributed by atoms with Gasteiger partial charge in [-0.2, -0.15) is 0 Å². The van der Waals surface area contributed by atoms with E-state index in [1.165, 1.54) is 0 Å². The molecular formula is C15H18O4. The molecule has 19 heavy (non-hydrogen) atoms. The fourth-order valence-corrected chi connectivity index (χ4v) is 2.39. The third kappa shape index (κ3) is 2.19. The molecule has 0 aliphatic heterocycles. The van der Waals surface area contributed by atoms with E-state index < -0.39 is 0 Å². The lowest BCUT2D eigenvalue weighted by Crippen LogP contribution is -2.03. The largest absolute Gasteiger partial charge is 0.496 e. The summed E-state index contributed by atoms with van der Waals surface area (Å²) in [5.74, 6) is 2.01. The van der Waals surface area contributed by atoms with Crippen LogP contribution in [-0.4, -0.2) is 33.0 Å². The lowest BCUT2D eigenvalue weighted by molar-refractivity contribution is 0.291. The fourth-order valence-electron chi connectivity index (χ4n) is 2.39. The maximum absolute atomic E-state index is 9.24. The molecule has 2 rings (SSSR count). The number of benzene rings is 2. The molecule has 0 aromatic heterocycles. The predicted octanol–water partition coefficient (Wildman–Crippen LogP) is 2.40. The van der Waals surface area contributed by atoms with Crippen LogP contribution >= 0.6 is 0 Å². The highest BCUT2D eigenvalue weighted by Gasteiger charge is 2.20. The van der Waals surface area contributed by atoms with Gasteiger partial charge in [0, 0.05) is 29.4 Å². The Bertz CT molecular complexity index is 578. The van der Waals surface area contributed by atoms with Gasteiger partial charge in [0.25, 0.3) is 0 Å². The maximum atomic E-state index is 9.24. The van der Waals surface area contributed by atoms with Gasteiger partial charge in [0.2, 0.25) is 0 Å². The number of rotatable bonds is 5. The number of aliphatic hydroxyl groups is 1. The first-order valence-electron chi connectivity index (χ1n) is 6.08. The van der Waals surface area contributed by atoms with Crippen LogP contribution in [0.1, 0.15) is 5.56 Å². The molecule has 0 amide bonds. The van der Waals surface area contributed by atoms with E-state index >= 15 is 0 Å². The third-order valence-corrected chi connectivity index (χ3v) is 3.14. The average Bonchev–Trinajstić information content (AvgIpc) is 2.46. The van der Waals surface area contributed by atoms with Gasteiger partial charge in [0.05, 0.1) is 21.3 Å². The Kier molecular flexibility index (Phi) is 4.12. The van der Waals surface area contributed by atoms with Crippen LogP contribution in [0.15, 0.2) is 24.3 Å². The molecule has 0 heterocycles. The second-order valence-corrected chi connectivity index (χ2v) is 4.10. The monoisotopic (exact) mass is 262 g/mol. The van der Waals surface area contributed by atoms with Crippen molar-refractivity contribution in [2.45, 2.75) is 6.42 Å². The zero-order valence-corrected chi connectivity index (χ0v) is 11.4. The Morgan fingerprint density at radius 3 is 1.84 bits per heavy atom. The second-order valence-electron chi connectivity index (χ2n) is 4.10. The van der Waals surface area contributed by atoms with Gasteiger partial charge < -0.3 is 19.3 Å². The van der Waals surface area contributed by atoms with Crippen molar-refractivity contribution >= 4 is 10.8 Å². The predicted molar refractivity (Wildman–Crippen MR) is 74.4 cm³/mol. The minimum absolute atomic E-state index is 0.0220. The van der Waals surface area contributed by atoms with Crippen LogP contribution in [0, 0.1) is 0 Å².